The van der Waals surface area contributed by atoms with E-state index in [2.05, 4.69) is 26.1 Å². The van der Waals surface area contributed by atoms with Gasteiger partial charge in [-0.3, -0.25) is 5.10 Å². The third kappa shape index (κ3) is 3.24. The smallest absolute Gasteiger partial charge is 0.129 e. The van der Waals surface area contributed by atoms with Gasteiger partial charge >= 0.3 is 0 Å². The fourth-order valence-electron chi connectivity index (χ4n) is 3.43. The van der Waals surface area contributed by atoms with Crippen molar-refractivity contribution in [1.82, 2.24) is 15.2 Å². The lowest BCUT2D eigenvalue weighted by atomic mass is 10.1. The van der Waals surface area contributed by atoms with Crippen LogP contribution in [-0.4, -0.2) is 47.6 Å². The summed E-state index contributed by atoms with van der Waals surface area (Å²) in [6.45, 7) is 5.89. The number of nitrogens with zero attached hydrogens (tertiary/aromatic N) is 3. The quantitative estimate of drug-likeness (QED) is 0.759. The predicted molar refractivity (Wildman–Crippen MR) is 103 cm³/mol. The largest absolute Gasteiger partial charge is 0.491 e. The van der Waals surface area contributed by atoms with E-state index < -0.39 is 0 Å². The average Bonchev–Trinajstić information content (AvgIpc) is 3.28. The molecule has 1 aromatic carbocycles. The highest BCUT2D eigenvalue weighted by molar-refractivity contribution is 5.94. The van der Waals surface area contributed by atoms with Crippen molar-refractivity contribution in [3.8, 4) is 17.0 Å². The van der Waals surface area contributed by atoms with E-state index in [-0.39, 0.29) is 12.2 Å². The van der Waals surface area contributed by atoms with Crippen molar-refractivity contribution >= 4 is 16.7 Å². The first kappa shape index (κ1) is 16.8. The van der Waals surface area contributed by atoms with Crippen LogP contribution in [0.5, 0.6) is 5.75 Å². The molecule has 3 heterocycles. The zero-order valence-corrected chi connectivity index (χ0v) is 15.4. The number of rotatable bonds is 5. The van der Waals surface area contributed by atoms with Crippen LogP contribution in [0.2, 0.25) is 0 Å². The molecule has 0 unspecified atom stereocenters. The lowest BCUT2D eigenvalue weighted by Crippen LogP contribution is -2.23. The topological polar surface area (TPSA) is 63.3 Å². The Morgan fingerprint density at radius 3 is 2.88 bits per heavy atom. The summed E-state index contributed by atoms with van der Waals surface area (Å²) in [5, 5.41) is 8.70. The fourth-order valence-corrected chi connectivity index (χ4v) is 3.43. The number of aromatic nitrogens is 3. The summed E-state index contributed by atoms with van der Waals surface area (Å²) in [5.41, 5.74) is 2.96. The molecule has 0 amide bonds. The molecule has 0 bridgehead atoms. The molecule has 1 aliphatic rings. The van der Waals surface area contributed by atoms with Crippen LogP contribution >= 0.6 is 0 Å². The van der Waals surface area contributed by atoms with Crippen molar-refractivity contribution in [2.45, 2.75) is 32.5 Å². The minimum absolute atomic E-state index is 0.138. The normalized spacial score (nSPS) is 17.4. The Morgan fingerprint density at radius 2 is 2.12 bits per heavy atom. The van der Waals surface area contributed by atoms with Gasteiger partial charge in [0.2, 0.25) is 0 Å². The van der Waals surface area contributed by atoms with Crippen molar-refractivity contribution in [2.75, 3.05) is 25.1 Å². The Kier molecular flexibility index (Phi) is 4.51. The molecule has 4 rings (SSSR count). The molecule has 2 aromatic heterocycles. The van der Waals surface area contributed by atoms with Gasteiger partial charge in [-0.2, -0.15) is 5.10 Å². The van der Waals surface area contributed by atoms with Crippen LogP contribution < -0.4 is 9.64 Å². The fraction of sp³-hybridized carbons (Fsp3) is 0.400. The maximum Gasteiger partial charge on any atom is 0.129 e. The Balaban J connectivity index is 1.68. The number of pyridine rings is 1. The monoisotopic (exact) mass is 352 g/mol. The van der Waals surface area contributed by atoms with Gasteiger partial charge in [-0.25, -0.2) is 4.98 Å². The Morgan fingerprint density at radius 1 is 1.23 bits per heavy atom. The highest BCUT2D eigenvalue weighted by atomic mass is 16.5. The number of H-pyrrole nitrogens is 1. The highest BCUT2D eigenvalue weighted by Crippen LogP contribution is 2.31. The summed E-state index contributed by atoms with van der Waals surface area (Å²) in [4.78, 5) is 6.81. The van der Waals surface area contributed by atoms with Crippen molar-refractivity contribution in [3.63, 3.8) is 0 Å². The number of fused-ring (bicyclic) bond motifs is 1. The summed E-state index contributed by atoms with van der Waals surface area (Å²) >= 11 is 0. The molecule has 26 heavy (non-hydrogen) atoms. The van der Waals surface area contributed by atoms with Gasteiger partial charge < -0.3 is 14.4 Å². The van der Waals surface area contributed by atoms with Crippen molar-refractivity contribution in [1.29, 1.82) is 0 Å². The van der Waals surface area contributed by atoms with E-state index in [0.29, 0.717) is 0 Å². The van der Waals surface area contributed by atoms with Crippen LogP contribution in [0.3, 0.4) is 0 Å². The summed E-state index contributed by atoms with van der Waals surface area (Å²) in [7, 11) is 1.77. The standard InChI is InChI=1S/C20H24N4O2/c1-13(2)26-15-4-5-18-17(11-15)20(23-22-18)14-6-8-21-19(10-14)24-9-7-16(12-24)25-3/h4-6,8,10-11,13,16H,7,9,12H2,1-3H3,(H,22,23)/t16-/m0/s1. The molecule has 0 aliphatic carbocycles. The predicted octanol–water partition coefficient (Wildman–Crippen LogP) is 3.64. The number of anilines is 1. The number of ether oxygens (including phenoxy) is 2. The molecule has 0 spiro atoms. The maximum atomic E-state index is 5.84. The first-order valence-electron chi connectivity index (χ1n) is 9.03. The van der Waals surface area contributed by atoms with E-state index in [4.69, 9.17) is 9.47 Å². The molecule has 1 atom stereocenters. The molecule has 1 saturated heterocycles. The molecular weight excluding hydrogens is 328 g/mol. The molecule has 1 N–H and O–H groups in total. The van der Waals surface area contributed by atoms with E-state index in [1.54, 1.807) is 7.11 Å². The number of nitrogens with one attached hydrogen (secondary N) is 1. The van der Waals surface area contributed by atoms with Crippen LogP contribution in [0.15, 0.2) is 36.5 Å². The van der Waals surface area contributed by atoms with E-state index in [1.165, 1.54) is 0 Å². The van der Waals surface area contributed by atoms with E-state index in [9.17, 15) is 0 Å². The summed E-state index contributed by atoms with van der Waals surface area (Å²) in [5.74, 6) is 1.82. The number of benzene rings is 1. The van der Waals surface area contributed by atoms with Gasteiger partial charge in [0, 0.05) is 37.3 Å². The molecule has 3 aromatic rings. The second-order valence-electron chi connectivity index (χ2n) is 6.94. The SMILES string of the molecule is CO[C@H]1CCN(c2cc(-c3n[nH]c4ccc(OC(C)C)cc34)ccn2)C1. The van der Waals surface area contributed by atoms with Gasteiger partial charge in [0.05, 0.1) is 17.7 Å². The van der Waals surface area contributed by atoms with Gasteiger partial charge in [-0.05, 0) is 50.6 Å². The minimum Gasteiger partial charge on any atom is -0.491 e. The minimum atomic E-state index is 0.138. The molecule has 0 radical (unpaired) electrons. The van der Waals surface area contributed by atoms with Gasteiger partial charge in [-0.15, -0.1) is 0 Å². The summed E-state index contributed by atoms with van der Waals surface area (Å²) in [6.07, 6.45) is 3.30. The second kappa shape index (κ2) is 6.96. The van der Waals surface area contributed by atoms with E-state index in [1.807, 2.05) is 44.3 Å². The number of hydrogen-bond acceptors (Lipinski definition) is 5. The summed E-state index contributed by atoms with van der Waals surface area (Å²) in [6, 6.07) is 10.1. The molecule has 136 valence electrons. The van der Waals surface area contributed by atoms with E-state index in [0.717, 1.165) is 53.2 Å². The lowest BCUT2D eigenvalue weighted by Gasteiger charge is -2.17. The maximum absolute atomic E-state index is 5.84. The van der Waals surface area contributed by atoms with Crippen molar-refractivity contribution in [3.05, 3.63) is 36.5 Å². The molecule has 6 nitrogen and oxygen atoms in total. The zero-order chi connectivity index (χ0) is 18.1. The van der Waals surface area contributed by atoms with Gasteiger partial charge in [-0.1, -0.05) is 0 Å². The first-order chi connectivity index (χ1) is 12.6. The van der Waals surface area contributed by atoms with Gasteiger partial charge in [0.1, 0.15) is 17.3 Å². The van der Waals surface area contributed by atoms with Crippen molar-refractivity contribution < 1.29 is 9.47 Å². The second-order valence-corrected chi connectivity index (χ2v) is 6.94. The van der Waals surface area contributed by atoms with Crippen LogP contribution in [-0.2, 0) is 4.74 Å². The Labute approximate surface area is 153 Å². The average molecular weight is 352 g/mol. The number of methoxy groups -OCH3 is 1. The first-order valence-corrected chi connectivity index (χ1v) is 9.03. The molecule has 0 saturated carbocycles. The van der Waals surface area contributed by atoms with Gasteiger partial charge in [0.25, 0.3) is 0 Å². The third-order valence-electron chi connectivity index (χ3n) is 4.73. The lowest BCUT2D eigenvalue weighted by molar-refractivity contribution is 0.121. The number of aromatic amines is 1. The highest BCUT2D eigenvalue weighted by Gasteiger charge is 2.23. The number of hydrogen-bond donors (Lipinski definition) is 1. The van der Waals surface area contributed by atoms with Gasteiger partial charge in [0.15, 0.2) is 0 Å². The summed E-state index contributed by atoms with van der Waals surface area (Å²) < 4.78 is 11.3. The van der Waals surface area contributed by atoms with E-state index >= 15 is 0 Å². The van der Waals surface area contributed by atoms with Crippen LogP contribution in [0, 0.1) is 0 Å². The third-order valence-corrected chi connectivity index (χ3v) is 4.73. The Hall–Kier alpha value is -2.60. The molecule has 1 aliphatic heterocycles. The van der Waals surface area contributed by atoms with Crippen LogP contribution in [0.1, 0.15) is 20.3 Å². The van der Waals surface area contributed by atoms with Crippen LogP contribution in [0.4, 0.5) is 5.82 Å². The Bertz CT molecular complexity index is 906. The molecular formula is C20H24N4O2. The van der Waals surface area contributed by atoms with Crippen LogP contribution in [0.25, 0.3) is 22.2 Å². The zero-order valence-electron chi connectivity index (χ0n) is 15.4. The molecule has 1 fully saturated rings. The molecule has 6 heteroatoms. The van der Waals surface area contributed by atoms with Crippen molar-refractivity contribution in [2.24, 2.45) is 0 Å².